The molecule has 0 radical (unpaired) electrons. The Bertz CT molecular complexity index is 2210. The van der Waals surface area contributed by atoms with E-state index >= 15 is 0 Å². The summed E-state index contributed by atoms with van der Waals surface area (Å²) in [5.74, 6) is 0.951. The second-order valence-electron chi connectivity index (χ2n) is 14.8. The van der Waals surface area contributed by atoms with E-state index in [-0.39, 0.29) is 22.1 Å². The highest BCUT2D eigenvalue weighted by atomic mass is 28.3. The lowest BCUT2D eigenvalue weighted by atomic mass is 9.98. The molecule has 1 atom stereocenters. The summed E-state index contributed by atoms with van der Waals surface area (Å²) in [6.07, 6.45) is 7.61. The number of morpholine rings is 1. The van der Waals surface area contributed by atoms with Crippen LogP contribution in [0.1, 0.15) is 61.0 Å². The van der Waals surface area contributed by atoms with Crippen molar-refractivity contribution in [2.45, 2.75) is 57.7 Å². The minimum Gasteiger partial charge on any atom is -0.415 e. The third-order valence-electron chi connectivity index (χ3n) is 10.2. The Morgan fingerprint density at radius 3 is 2.51 bits per heavy atom. The second-order valence-corrected chi connectivity index (χ2v) is 18.1. The number of fused-ring (bicyclic) bond motifs is 1. The van der Waals surface area contributed by atoms with Crippen LogP contribution in [0.25, 0.3) is 27.6 Å². The lowest BCUT2D eigenvalue weighted by Gasteiger charge is -2.27. The molecule has 1 saturated carbocycles. The van der Waals surface area contributed by atoms with Gasteiger partial charge in [0.25, 0.3) is 17.0 Å². The van der Waals surface area contributed by atoms with Gasteiger partial charge in [-0.1, -0.05) is 45.0 Å². The molecule has 2 fully saturated rings. The highest BCUT2D eigenvalue weighted by molar-refractivity contribution is 6.53. The highest BCUT2D eigenvalue weighted by Gasteiger charge is 2.26. The van der Waals surface area contributed by atoms with Crippen molar-refractivity contribution in [3.63, 3.8) is 0 Å². The number of benzene rings is 2. The van der Waals surface area contributed by atoms with Crippen LogP contribution in [-0.2, 0) is 22.8 Å². The summed E-state index contributed by atoms with van der Waals surface area (Å²) in [6, 6.07) is 19.4. The van der Waals surface area contributed by atoms with Crippen LogP contribution in [0.5, 0.6) is 0 Å². The number of ether oxygens (including phenoxy) is 1. The van der Waals surface area contributed by atoms with E-state index < -0.39 is 9.04 Å². The SMILES string of the molecule is Cn1cc(-c2cccc(-n3ccc4cc(C5CC5)ccc4c3=O)c2CO[SiH](C)C(C)(C)C)cc(Nc2ccc(C(=O)N3CCOCC3)cn2)c1=O. The van der Waals surface area contributed by atoms with Crippen molar-refractivity contribution < 1.29 is 14.0 Å². The van der Waals surface area contributed by atoms with Gasteiger partial charge < -0.3 is 23.9 Å². The van der Waals surface area contributed by atoms with Gasteiger partial charge in [0.15, 0.2) is 9.04 Å². The molecule has 1 amide bonds. The van der Waals surface area contributed by atoms with Crippen LogP contribution in [0.4, 0.5) is 11.5 Å². The summed E-state index contributed by atoms with van der Waals surface area (Å²) in [4.78, 5) is 46.6. The molecule has 5 aromatic rings. The lowest BCUT2D eigenvalue weighted by molar-refractivity contribution is 0.0302. The van der Waals surface area contributed by atoms with E-state index in [4.69, 9.17) is 9.16 Å². The molecule has 1 unspecified atom stereocenters. The van der Waals surface area contributed by atoms with Gasteiger partial charge in [-0.2, -0.15) is 0 Å². The molecule has 1 N–H and O–H groups in total. The molecular formula is C40H45N5O5Si. The van der Waals surface area contributed by atoms with Gasteiger partial charge >= 0.3 is 0 Å². The van der Waals surface area contributed by atoms with Gasteiger partial charge in [-0.3, -0.25) is 19.0 Å². The van der Waals surface area contributed by atoms with Gasteiger partial charge in [-0.15, -0.1) is 0 Å². The Balaban J connectivity index is 1.26. The van der Waals surface area contributed by atoms with Crippen LogP contribution in [-0.4, -0.2) is 60.3 Å². The van der Waals surface area contributed by atoms with Crippen molar-refractivity contribution in [2.75, 3.05) is 31.6 Å². The highest BCUT2D eigenvalue weighted by Crippen LogP contribution is 2.41. The van der Waals surface area contributed by atoms with Gasteiger partial charge in [0.05, 0.1) is 31.1 Å². The number of amides is 1. The maximum Gasteiger partial charge on any atom is 0.274 e. The summed E-state index contributed by atoms with van der Waals surface area (Å²) in [6.45, 7) is 11.2. The molecule has 2 aliphatic rings. The van der Waals surface area contributed by atoms with Crippen molar-refractivity contribution >= 4 is 37.2 Å². The molecule has 10 nitrogen and oxygen atoms in total. The fourth-order valence-corrected chi connectivity index (χ4v) is 7.35. The normalized spacial score (nSPS) is 15.6. The van der Waals surface area contributed by atoms with E-state index in [2.05, 4.69) is 49.8 Å². The van der Waals surface area contributed by atoms with Crippen molar-refractivity contribution in [1.82, 2.24) is 19.0 Å². The maximum absolute atomic E-state index is 14.1. The summed E-state index contributed by atoms with van der Waals surface area (Å²) >= 11 is 0. The van der Waals surface area contributed by atoms with Gasteiger partial charge in [-0.05, 0) is 83.3 Å². The van der Waals surface area contributed by atoms with Gasteiger partial charge in [-0.25, -0.2) is 4.98 Å². The van der Waals surface area contributed by atoms with Crippen LogP contribution in [0.2, 0.25) is 11.6 Å². The minimum absolute atomic E-state index is 0.0389. The fourth-order valence-electron chi connectivity index (χ4n) is 6.44. The molecule has 2 aromatic carbocycles. The van der Waals surface area contributed by atoms with Crippen LogP contribution in [0.3, 0.4) is 0 Å². The third-order valence-corrected chi connectivity index (χ3v) is 13.3. The van der Waals surface area contributed by atoms with E-state index in [1.165, 1.54) is 29.2 Å². The van der Waals surface area contributed by atoms with Gasteiger partial charge in [0.2, 0.25) is 0 Å². The molecule has 1 saturated heterocycles. The fraction of sp³-hybridized carbons (Fsp3) is 0.350. The number of nitrogens with one attached hydrogen (secondary N) is 1. The van der Waals surface area contributed by atoms with Crippen molar-refractivity contribution in [1.29, 1.82) is 0 Å². The number of hydrogen-bond acceptors (Lipinski definition) is 7. The Kier molecular flexibility index (Phi) is 9.53. The maximum atomic E-state index is 14.1. The predicted octanol–water partition coefficient (Wildman–Crippen LogP) is 6.52. The first kappa shape index (κ1) is 34.6. The number of nitrogens with zero attached hydrogens (tertiary/aromatic N) is 4. The first-order valence-electron chi connectivity index (χ1n) is 17.7. The van der Waals surface area contributed by atoms with Gasteiger partial charge in [0, 0.05) is 55.2 Å². The summed E-state index contributed by atoms with van der Waals surface area (Å²) in [5.41, 5.74) is 5.04. The summed E-state index contributed by atoms with van der Waals surface area (Å²) in [7, 11) is 0.0707. The Morgan fingerprint density at radius 2 is 1.80 bits per heavy atom. The lowest BCUT2D eigenvalue weighted by Crippen LogP contribution is -2.40. The molecule has 1 aliphatic heterocycles. The molecule has 51 heavy (non-hydrogen) atoms. The van der Waals surface area contributed by atoms with Gasteiger partial charge in [0.1, 0.15) is 11.5 Å². The molecule has 264 valence electrons. The summed E-state index contributed by atoms with van der Waals surface area (Å²) in [5, 5.41) is 4.85. The van der Waals surface area contributed by atoms with Crippen LogP contribution in [0, 0.1) is 0 Å². The Labute approximate surface area is 299 Å². The molecule has 0 spiro atoms. The first-order valence-corrected chi connectivity index (χ1v) is 19.9. The number of hydrogen-bond donors (Lipinski definition) is 1. The van der Waals surface area contributed by atoms with E-state index in [9.17, 15) is 14.4 Å². The predicted molar refractivity (Wildman–Crippen MR) is 204 cm³/mol. The summed E-state index contributed by atoms with van der Waals surface area (Å²) < 4.78 is 15.3. The third kappa shape index (κ3) is 7.32. The van der Waals surface area contributed by atoms with Crippen molar-refractivity contribution in [3.8, 4) is 16.8 Å². The zero-order valence-corrected chi connectivity index (χ0v) is 31.1. The number of aryl methyl sites for hydroxylation is 1. The Morgan fingerprint density at radius 1 is 1.02 bits per heavy atom. The quantitative estimate of drug-likeness (QED) is 0.174. The topological polar surface area (TPSA) is 108 Å². The minimum atomic E-state index is -1.64. The van der Waals surface area contributed by atoms with Crippen LogP contribution < -0.4 is 16.4 Å². The number of aromatic nitrogens is 3. The number of pyridine rings is 3. The largest absolute Gasteiger partial charge is 0.415 e. The van der Waals surface area contributed by atoms with E-state index in [0.717, 1.165) is 27.8 Å². The number of carbonyl (C=O) groups is 1. The average Bonchev–Trinajstić information content (AvgIpc) is 3.98. The zero-order chi connectivity index (χ0) is 35.9. The Hall–Kier alpha value is -4.84. The van der Waals surface area contributed by atoms with E-state index in [1.807, 2.05) is 42.6 Å². The smallest absolute Gasteiger partial charge is 0.274 e. The number of anilines is 2. The molecule has 7 rings (SSSR count). The first-order chi connectivity index (χ1) is 24.5. The second kappa shape index (κ2) is 14.1. The monoisotopic (exact) mass is 703 g/mol. The van der Waals surface area contributed by atoms with E-state index in [1.54, 1.807) is 34.8 Å². The molecular weight excluding hydrogens is 659 g/mol. The molecule has 0 bridgehead atoms. The molecule has 4 heterocycles. The molecule has 3 aromatic heterocycles. The van der Waals surface area contributed by atoms with Crippen molar-refractivity contribution in [2.24, 2.45) is 7.05 Å². The number of rotatable bonds is 9. The molecule has 1 aliphatic carbocycles. The molecule has 11 heteroatoms. The standard InChI is InChI=1S/C40H45N5O5Si/c1-40(2,3)51(5)50-25-33-31(7-6-8-35(33)45-16-15-28-21-27(26-9-10-26)11-13-32(28)38(45)47)30-22-34(39(48)43(4)24-30)42-36-14-12-29(23-41-36)37(46)44-17-19-49-20-18-44/h6-8,11-16,21-24,26,51H,9-10,17-20,25H2,1-5H3,(H,41,42). The van der Waals surface area contributed by atoms with Crippen LogP contribution in [0.15, 0.2) is 88.8 Å². The number of carbonyl (C=O) groups excluding carboxylic acids is 1. The van der Waals surface area contributed by atoms with Crippen molar-refractivity contribution in [3.05, 3.63) is 117 Å². The average molecular weight is 704 g/mol. The van der Waals surface area contributed by atoms with Crippen LogP contribution >= 0.6 is 0 Å². The van der Waals surface area contributed by atoms with E-state index in [0.29, 0.717) is 61.3 Å². The zero-order valence-electron chi connectivity index (χ0n) is 29.9.